The molecule has 0 atom stereocenters. The van der Waals surface area contributed by atoms with Crippen LogP contribution in [0.3, 0.4) is 0 Å². The molecule has 0 radical (unpaired) electrons. The van der Waals surface area contributed by atoms with E-state index in [-0.39, 0.29) is 0 Å². The molecule has 1 saturated heterocycles. The number of hydrogen-bond donors (Lipinski definition) is 0. The summed E-state index contributed by atoms with van der Waals surface area (Å²) >= 11 is 3.12. The smallest absolute Gasteiger partial charge is 0.232 e. The highest BCUT2D eigenvalue weighted by Crippen LogP contribution is 2.22. The van der Waals surface area contributed by atoms with E-state index in [0.29, 0.717) is 16.1 Å². The molecule has 1 aliphatic rings. The number of anilines is 1. The van der Waals surface area contributed by atoms with Gasteiger partial charge in [-0.25, -0.2) is 4.98 Å². The molecule has 0 aromatic carbocycles. The van der Waals surface area contributed by atoms with E-state index in [1.807, 2.05) is 4.90 Å². The first-order valence-electron chi connectivity index (χ1n) is 5.13. The van der Waals surface area contributed by atoms with Crippen LogP contribution >= 0.6 is 15.9 Å². The Balaban J connectivity index is 2.27. The Hall–Kier alpha value is -0.710. The third kappa shape index (κ3) is 2.27. The number of nitrogens with zero attached hydrogens (tertiary/aromatic N) is 3. The van der Waals surface area contributed by atoms with Gasteiger partial charge in [0.2, 0.25) is 11.9 Å². The molecule has 0 spiro atoms. The van der Waals surface area contributed by atoms with Gasteiger partial charge >= 0.3 is 0 Å². The second-order valence-electron chi connectivity index (χ2n) is 3.76. The summed E-state index contributed by atoms with van der Waals surface area (Å²) in [4.78, 5) is 10.2. The van der Waals surface area contributed by atoms with Gasteiger partial charge in [-0.3, -0.25) is 0 Å². The first-order chi connectivity index (χ1) is 7.18. The molecule has 0 saturated carbocycles. The summed E-state index contributed by atoms with van der Waals surface area (Å²) in [6.45, 7) is 3.64. The van der Waals surface area contributed by atoms with Gasteiger partial charge < -0.3 is 4.90 Å². The molecule has 2 heterocycles. The van der Waals surface area contributed by atoms with Gasteiger partial charge in [0.1, 0.15) is 0 Å². The van der Waals surface area contributed by atoms with Crippen LogP contribution in [0.5, 0.6) is 0 Å². The van der Waals surface area contributed by atoms with Crippen LogP contribution in [0.1, 0.15) is 25.0 Å². The molecular formula is C10H13BrFN3. The summed E-state index contributed by atoms with van der Waals surface area (Å²) in [6, 6.07) is 0. The zero-order valence-electron chi connectivity index (χ0n) is 8.63. The van der Waals surface area contributed by atoms with Crippen LogP contribution < -0.4 is 4.90 Å². The average molecular weight is 274 g/mol. The first kappa shape index (κ1) is 10.8. The summed E-state index contributed by atoms with van der Waals surface area (Å²) in [5.74, 6) is 0.0518. The van der Waals surface area contributed by atoms with Gasteiger partial charge in [-0.1, -0.05) is 0 Å². The van der Waals surface area contributed by atoms with Crippen molar-refractivity contribution >= 4 is 21.9 Å². The Labute approximate surface area is 96.8 Å². The highest BCUT2D eigenvalue weighted by molar-refractivity contribution is 9.10. The van der Waals surface area contributed by atoms with Gasteiger partial charge in [0, 0.05) is 13.1 Å². The molecule has 1 aliphatic heterocycles. The summed E-state index contributed by atoms with van der Waals surface area (Å²) in [7, 11) is 0. The lowest BCUT2D eigenvalue weighted by Gasteiger charge is -2.26. The maximum atomic E-state index is 13.4. The quantitative estimate of drug-likeness (QED) is 0.737. The molecule has 1 aromatic rings. The van der Waals surface area contributed by atoms with Crippen molar-refractivity contribution in [1.29, 1.82) is 0 Å². The van der Waals surface area contributed by atoms with Crippen molar-refractivity contribution in [2.24, 2.45) is 0 Å². The van der Waals surface area contributed by atoms with Crippen LogP contribution in [-0.4, -0.2) is 23.1 Å². The zero-order valence-corrected chi connectivity index (χ0v) is 10.2. The van der Waals surface area contributed by atoms with Crippen molar-refractivity contribution in [2.45, 2.75) is 26.2 Å². The second-order valence-corrected chi connectivity index (χ2v) is 4.55. The molecule has 0 N–H and O–H groups in total. The summed E-state index contributed by atoms with van der Waals surface area (Å²) in [5, 5.41) is 0. The van der Waals surface area contributed by atoms with Crippen molar-refractivity contribution in [2.75, 3.05) is 18.0 Å². The fraction of sp³-hybridized carbons (Fsp3) is 0.600. The average Bonchev–Trinajstić information content (AvgIpc) is 2.26. The molecular weight excluding hydrogens is 261 g/mol. The number of halogens is 2. The molecule has 82 valence electrons. The van der Waals surface area contributed by atoms with E-state index in [1.165, 1.54) is 6.42 Å². The number of piperidine rings is 1. The molecule has 0 aliphatic carbocycles. The fourth-order valence-corrected chi connectivity index (χ4v) is 1.92. The largest absolute Gasteiger partial charge is 0.341 e. The lowest BCUT2D eigenvalue weighted by Crippen LogP contribution is -2.31. The fourth-order valence-electron chi connectivity index (χ4n) is 1.75. The van der Waals surface area contributed by atoms with Crippen molar-refractivity contribution in [3.8, 4) is 0 Å². The van der Waals surface area contributed by atoms with Gasteiger partial charge in [-0.05, 0) is 42.1 Å². The Morgan fingerprint density at radius 2 is 1.87 bits per heavy atom. The van der Waals surface area contributed by atoms with E-state index in [2.05, 4.69) is 25.9 Å². The molecule has 2 rings (SSSR count). The predicted molar refractivity (Wildman–Crippen MR) is 60.5 cm³/mol. The minimum Gasteiger partial charge on any atom is -0.341 e. The highest BCUT2D eigenvalue weighted by atomic mass is 79.9. The number of hydrogen-bond acceptors (Lipinski definition) is 3. The molecule has 3 nitrogen and oxygen atoms in total. The van der Waals surface area contributed by atoms with Crippen LogP contribution in [0.2, 0.25) is 0 Å². The third-order valence-corrected chi connectivity index (χ3v) is 3.50. The number of aromatic nitrogens is 2. The van der Waals surface area contributed by atoms with E-state index >= 15 is 0 Å². The highest BCUT2D eigenvalue weighted by Gasteiger charge is 2.16. The van der Waals surface area contributed by atoms with E-state index in [1.54, 1.807) is 6.92 Å². The molecule has 0 unspecified atom stereocenters. The topological polar surface area (TPSA) is 29.0 Å². The van der Waals surface area contributed by atoms with Gasteiger partial charge in [-0.15, -0.1) is 0 Å². The van der Waals surface area contributed by atoms with Crippen LogP contribution in [0.4, 0.5) is 10.3 Å². The third-order valence-electron chi connectivity index (χ3n) is 2.60. The van der Waals surface area contributed by atoms with Gasteiger partial charge in [0.15, 0.2) is 0 Å². The van der Waals surface area contributed by atoms with Gasteiger partial charge in [-0.2, -0.15) is 9.37 Å². The lowest BCUT2D eigenvalue weighted by molar-refractivity contribution is 0.540. The molecule has 5 heteroatoms. The summed E-state index contributed by atoms with van der Waals surface area (Å²) < 4.78 is 13.7. The standard InChI is InChI=1S/C10H13BrFN3/c1-7-8(11)9(12)14-10(13-7)15-5-3-2-4-6-15/h2-6H2,1H3. The Morgan fingerprint density at radius 3 is 2.47 bits per heavy atom. The minimum atomic E-state index is -0.469. The molecule has 0 bridgehead atoms. The van der Waals surface area contributed by atoms with Crippen molar-refractivity contribution in [1.82, 2.24) is 9.97 Å². The van der Waals surface area contributed by atoms with E-state index in [0.717, 1.165) is 25.9 Å². The maximum Gasteiger partial charge on any atom is 0.232 e. The second kappa shape index (κ2) is 4.43. The normalized spacial score (nSPS) is 16.9. The first-order valence-corrected chi connectivity index (χ1v) is 5.92. The predicted octanol–water partition coefficient (Wildman–Crippen LogP) is 2.68. The van der Waals surface area contributed by atoms with Crippen LogP contribution in [0.25, 0.3) is 0 Å². The maximum absolute atomic E-state index is 13.4. The Morgan fingerprint density at radius 1 is 1.20 bits per heavy atom. The van der Waals surface area contributed by atoms with E-state index < -0.39 is 5.95 Å². The van der Waals surface area contributed by atoms with Gasteiger partial charge in [0.25, 0.3) is 0 Å². The van der Waals surface area contributed by atoms with Crippen molar-refractivity contribution in [3.63, 3.8) is 0 Å². The van der Waals surface area contributed by atoms with E-state index in [9.17, 15) is 4.39 Å². The number of rotatable bonds is 1. The lowest BCUT2D eigenvalue weighted by atomic mass is 10.1. The summed E-state index contributed by atoms with van der Waals surface area (Å²) in [6.07, 6.45) is 3.52. The molecule has 15 heavy (non-hydrogen) atoms. The molecule has 1 aromatic heterocycles. The SMILES string of the molecule is Cc1nc(N2CCCCC2)nc(F)c1Br. The van der Waals surface area contributed by atoms with E-state index in [4.69, 9.17) is 0 Å². The van der Waals surface area contributed by atoms with Crippen molar-refractivity contribution in [3.05, 3.63) is 16.1 Å². The summed E-state index contributed by atoms with van der Waals surface area (Å²) in [5.41, 5.74) is 0.656. The van der Waals surface area contributed by atoms with Crippen LogP contribution in [-0.2, 0) is 0 Å². The Bertz CT molecular complexity index is 341. The molecule has 0 amide bonds. The van der Waals surface area contributed by atoms with Crippen molar-refractivity contribution < 1.29 is 4.39 Å². The molecule has 1 fully saturated rings. The Kier molecular flexibility index (Phi) is 3.19. The number of aryl methyl sites for hydroxylation is 1. The monoisotopic (exact) mass is 273 g/mol. The van der Waals surface area contributed by atoms with Gasteiger partial charge in [0.05, 0.1) is 10.2 Å². The zero-order chi connectivity index (χ0) is 10.8. The van der Waals surface area contributed by atoms with Crippen LogP contribution in [0.15, 0.2) is 4.47 Å². The van der Waals surface area contributed by atoms with Crippen LogP contribution in [0, 0.1) is 12.9 Å². The minimum absolute atomic E-state index is 0.364.